The number of benzene rings is 1. The number of piperidine rings is 1. The summed E-state index contributed by atoms with van der Waals surface area (Å²) in [7, 11) is -7.04. The molecule has 10 heteroatoms. The molecule has 1 aromatic rings. The summed E-state index contributed by atoms with van der Waals surface area (Å²) in [6.45, 7) is 0.441. The van der Waals surface area contributed by atoms with Gasteiger partial charge in [-0.3, -0.25) is 0 Å². The van der Waals surface area contributed by atoms with Gasteiger partial charge < -0.3 is 0 Å². The van der Waals surface area contributed by atoms with Crippen molar-refractivity contribution >= 4 is 43.2 Å². The van der Waals surface area contributed by atoms with Crippen LogP contribution in [0.3, 0.4) is 0 Å². The average Bonchev–Trinajstić information content (AvgIpc) is 2.40. The summed E-state index contributed by atoms with van der Waals surface area (Å²) in [6, 6.07) is 4.02. The first-order valence-electron chi connectivity index (χ1n) is 6.52. The lowest BCUT2D eigenvalue weighted by molar-refractivity contribution is 0.309. The van der Waals surface area contributed by atoms with Crippen molar-refractivity contribution in [3.8, 4) is 0 Å². The minimum Gasteiger partial charge on any atom is -0.213 e. The largest absolute Gasteiger partial charge is 0.244 e. The van der Waals surface area contributed by atoms with Crippen molar-refractivity contribution in [3.63, 3.8) is 0 Å². The van der Waals surface area contributed by atoms with Crippen LogP contribution in [0, 0.1) is 0 Å². The Morgan fingerprint density at radius 2 is 1.73 bits per heavy atom. The third-order valence-electron chi connectivity index (χ3n) is 3.35. The van der Waals surface area contributed by atoms with Gasteiger partial charge in [-0.1, -0.05) is 23.2 Å². The Hall–Kier alpha value is -0.380. The predicted molar refractivity (Wildman–Crippen MR) is 86.2 cm³/mol. The molecule has 0 aromatic heterocycles. The van der Waals surface area contributed by atoms with Crippen molar-refractivity contribution in [2.45, 2.75) is 23.8 Å². The highest BCUT2D eigenvalue weighted by Gasteiger charge is 2.31. The first kappa shape index (κ1) is 18.0. The zero-order valence-electron chi connectivity index (χ0n) is 11.8. The van der Waals surface area contributed by atoms with Gasteiger partial charge in [-0.05, 0) is 31.0 Å². The van der Waals surface area contributed by atoms with Crippen molar-refractivity contribution in [3.05, 3.63) is 28.2 Å². The maximum absolute atomic E-state index is 12.6. The van der Waals surface area contributed by atoms with Gasteiger partial charge in [-0.2, -0.15) is 4.31 Å². The quantitative estimate of drug-likeness (QED) is 0.853. The molecule has 1 heterocycles. The fourth-order valence-corrected chi connectivity index (χ4v) is 5.38. The third kappa shape index (κ3) is 4.33. The van der Waals surface area contributed by atoms with Crippen LogP contribution < -0.4 is 4.72 Å². The van der Waals surface area contributed by atoms with Gasteiger partial charge in [-0.25, -0.2) is 21.6 Å². The Morgan fingerprint density at radius 3 is 2.27 bits per heavy atom. The molecule has 0 radical (unpaired) electrons. The van der Waals surface area contributed by atoms with E-state index in [2.05, 4.69) is 4.72 Å². The summed E-state index contributed by atoms with van der Waals surface area (Å²) in [5, 5.41) is 0.400. The van der Waals surface area contributed by atoms with Gasteiger partial charge in [-0.15, -0.1) is 0 Å². The average molecular weight is 387 g/mol. The Balaban J connectivity index is 2.15. The zero-order valence-corrected chi connectivity index (χ0v) is 14.9. The molecule has 0 aliphatic carbocycles. The lowest BCUT2D eigenvalue weighted by Gasteiger charge is -2.31. The maximum atomic E-state index is 12.6. The van der Waals surface area contributed by atoms with Gasteiger partial charge >= 0.3 is 0 Å². The summed E-state index contributed by atoms with van der Waals surface area (Å²) in [4.78, 5) is -0.0313. The van der Waals surface area contributed by atoms with Gasteiger partial charge in [0.25, 0.3) is 0 Å². The molecule has 1 saturated heterocycles. The summed E-state index contributed by atoms with van der Waals surface area (Å²) in [6.07, 6.45) is 1.90. The highest BCUT2D eigenvalue weighted by atomic mass is 35.5. The van der Waals surface area contributed by atoms with Crippen molar-refractivity contribution in [1.82, 2.24) is 9.03 Å². The van der Waals surface area contributed by atoms with Crippen molar-refractivity contribution in [2.24, 2.45) is 0 Å². The molecule has 6 nitrogen and oxygen atoms in total. The summed E-state index contributed by atoms with van der Waals surface area (Å²) < 4.78 is 51.4. The van der Waals surface area contributed by atoms with Crippen LogP contribution in [0.25, 0.3) is 0 Å². The molecule has 0 spiro atoms. The highest BCUT2D eigenvalue weighted by Crippen LogP contribution is 2.29. The maximum Gasteiger partial charge on any atom is 0.244 e. The van der Waals surface area contributed by atoms with Crippen LogP contribution >= 0.6 is 23.2 Å². The van der Waals surface area contributed by atoms with Crippen molar-refractivity contribution in [2.75, 3.05) is 19.3 Å². The fourth-order valence-electron chi connectivity index (χ4n) is 2.33. The normalized spacial score (nSPS) is 18.5. The van der Waals surface area contributed by atoms with E-state index in [0.717, 1.165) is 6.26 Å². The molecule has 1 aromatic carbocycles. The summed E-state index contributed by atoms with van der Waals surface area (Å²) >= 11 is 11.8. The van der Waals surface area contributed by atoms with Crippen LogP contribution in [0.2, 0.25) is 10.0 Å². The van der Waals surface area contributed by atoms with E-state index in [9.17, 15) is 16.8 Å². The highest BCUT2D eigenvalue weighted by molar-refractivity contribution is 7.89. The first-order valence-corrected chi connectivity index (χ1v) is 10.6. The van der Waals surface area contributed by atoms with Gasteiger partial charge in [0.05, 0.1) is 11.3 Å². The first-order chi connectivity index (χ1) is 10.1. The Bertz CT molecular complexity index is 757. The molecule has 2 rings (SSSR count). The minimum atomic E-state index is -3.74. The Labute approximate surface area is 140 Å². The molecule has 1 aliphatic rings. The number of nitrogens with one attached hydrogen (secondary N) is 1. The van der Waals surface area contributed by atoms with Crippen LogP contribution in [0.4, 0.5) is 0 Å². The second kappa shape index (κ2) is 6.62. The standard InChI is InChI=1S/C12H16Cl2N2O4S2/c1-21(17,18)15-10-4-6-16(7-5-10)22(19,20)12-8-9(13)2-3-11(12)14/h2-3,8,10,15H,4-7H2,1H3. The van der Waals surface area contributed by atoms with Crippen LogP contribution in [-0.2, 0) is 20.0 Å². The van der Waals surface area contributed by atoms with Gasteiger partial charge in [0, 0.05) is 24.2 Å². The number of hydrogen-bond acceptors (Lipinski definition) is 4. The summed E-state index contributed by atoms with van der Waals surface area (Å²) in [5.74, 6) is 0. The van der Waals surface area contributed by atoms with E-state index < -0.39 is 20.0 Å². The molecule has 0 unspecified atom stereocenters. The topological polar surface area (TPSA) is 83.6 Å². The molecule has 1 aliphatic heterocycles. The molecule has 1 fully saturated rings. The number of halogens is 2. The molecule has 0 saturated carbocycles. The molecule has 1 N–H and O–H groups in total. The van der Waals surface area contributed by atoms with Crippen LogP contribution in [0.15, 0.2) is 23.1 Å². The summed E-state index contributed by atoms with van der Waals surface area (Å²) in [5.41, 5.74) is 0. The van der Waals surface area contributed by atoms with Crippen molar-refractivity contribution < 1.29 is 16.8 Å². The lowest BCUT2D eigenvalue weighted by atomic mass is 10.1. The number of sulfonamides is 2. The van der Waals surface area contributed by atoms with Gasteiger partial charge in [0.1, 0.15) is 4.90 Å². The van der Waals surface area contributed by atoms with E-state index in [1.807, 2.05) is 0 Å². The molecular weight excluding hydrogens is 371 g/mol. The Morgan fingerprint density at radius 1 is 1.14 bits per heavy atom. The van der Waals surface area contributed by atoms with Crippen LogP contribution in [-0.4, -0.2) is 46.5 Å². The Kier molecular flexibility index (Phi) is 5.41. The predicted octanol–water partition coefficient (Wildman–Crippen LogP) is 1.70. The molecule has 0 atom stereocenters. The third-order valence-corrected chi connectivity index (χ3v) is 6.72. The minimum absolute atomic E-state index is 0.0313. The number of rotatable bonds is 4. The molecular formula is C12H16Cl2N2O4S2. The molecule has 0 amide bonds. The number of nitrogens with zero attached hydrogens (tertiary/aromatic N) is 1. The second-order valence-electron chi connectivity index (χ2n) is 5.14. The van der Waals surface area contributed by atoms with E-state index in [-0.39, 0.29) is 34.1 Å². The monoisotopic (exact) mass is 386 g/mol. The number of hydrogen-bond donors (Lipinski definition) is 1. The van der Waals surface area contributed by atoms with E-state index >= 15 is 0 Å². The molecule has 0 bridgehead atoms. The smallest absolute Gasteiger partial charge is 0.213 e. The van der Waals surface area contributed by atoms with E-state index in [1.165, 1.54) is 22.5 Å². The van der Waals surface area contributed by atoms with E-state index in [1.54, 1.807) is 0 Å². The van der Waals surface area contributed by atoms with Crippen LogP contribution in [0.5, 0.6) is 0 Å². The van der Waals surface area contributed by atoms with Crippen LogP contribution in [0.1, 0.15) is 12.8 Å². The van der Waals surface area contributed by atoms with E-state index in [4.69, 9.17) is 23.2 Å². The van der Waals surface area contributed by atoms with Crippen molar-refractivity contribution in [1.29, 1.82) is 0 Å². The van der Waals surface area contributed by atoms with Gasteiger partial charge in [0.15, 0.2) is 0 Å². The lowest BCUT2D eigenvalue weighted by Crippen LogP contribution is -2.46. The van der Waals surface area contributed by atoms with E-state index in [0.29, 0.717) is 12.8 Å². The van der Waals surface area contributed by atoms with Gasteiger partial charge in [0.2, 0.25) is 20.0 Å². The molecule has 124 valence electrons. The molecule has 22 heavy (non-hydrogen) atoms. The second-order valence-corrected chi connectivity index (χ2v) is 9.67. The zero-order chi connectivity index (χ0) is 16.5. The SMILES string of the molecule is CS(=O)(=O)NC1CCN(S(=O)(=O)c2cc(Cl)ccc2Cl)CC1. The fraction of sp³-hybridized carbons (Fsp3) is 0.500.